The van der Waals surface area contributed by atoms with Crippen LogP contribution >= 0.6 is 11.3 Å². The number of carbonyl (C=O) groups excluding carboxylic acids is 2. The smallest absolute Gasteiger partial charge is 0.350 e. The molecule has 1 N–H and O–H groups in total. The molecule has 3 heterocycles. The first-order valence-electron chi connectivity index (χ1n) is 10.3. The molecule has 2 aromatic heterocycles. The molecule has 0 saturated carbocycles. The molecule has 2 aromatic carbocycles. The molecule has 1 aliphatic rings. The molecule has 5 rings (SSSR count). The van der Waals surface area contributed by atoms with Crippen LogP contribution in [-0.4, -0.2) is 28.6 Å². The summed E-state index contributed by atoms with van der Waals surface area (Å²) in [5.41, 5.74) is 0.980. The molecule has 0 radical (unpaired) electrons. The number of aromatic nitrogens is 1. The average molecular weight is 474 g/mol. The number of para-hydroxylation sites is 1. The minimum atomic E-state index is -0.905. The average Bonchev–Trinajstić information content (AvgIpc) is 3.35. The summed E-state index contributed by atoms with van der Waals surface area (Å²) in [6.07, 6.45) is 1.45. The van der Waals surface area contributed by atoms with Crippen LogP contribution in [0.2, 0.25) is 0 Å². The third-order valence-corrected chi connectivity index (χ3v) is 6.61. The van der Waals surface area contributed by atoms with Gasteiger partial charge in [0.2, 0.25) is 5.76 Å². The fourth-order valence-electron chi connectivity index (χ4n) is 4.00. The topological polar surface area (TPSA) is 110 Å². The van der Waals surface area contributed by atoms with Gasteiger partial charge in [-0.1, -0.05) is 48.3 Å². The third kappa shape index (κ3) is 3.37. The van der Waals surface area contributed by atoms with Crippen molar-refractivity contribution in [1.82, 2.24) is 4.98 Å². The Morgan fingerprint density at radius 2 is 2.06 bits per heavy atom. The molecule has 1 atom stereocenters. The quantitative estimate of drug-likeness (QED) is 0.338. The number of aromatic hydroxyl groups is 1. The molecule has 0 saturated heterocycles. The number of phenolic OH excluding ortho intramolecular Hbond substituents is 1. The Hall–Kier alpha value is -4.24. The lowest BCUT2D eigenvalue weighted by molar-refractivity contribution is 0.0554. The number of aryl methyl sites for hydroxylation is 1. The van der Waals surface area contributed by atoms with Gasteiger partial charge in [0, 0.05) is 0 Å². The Kier molecular flexibility index (Phi) is 5.25. The highest BCUT2D eigenvalue weighted by Crippen LogP contribution is 2.43. The lowest BCUT2D eigenvalue weighted by Gasteiger charge is -2.22. The normalized spacial score (nSPS) is 14.9. The fourth-order valence-corrected chi connectivity index (χ4v) is 4.99. The Morgan fingerprint density at radius 1 is 1.26 bits per heavy atom. The van der Waals surface area contributed by atoms with Crippen molar-refractivity contribution in [1.29, 1.82) is 0 Å². The summed E-state index contributed by atoms with van der Waals surface area (Å²) in [5, 5.41) is 10.6. The third-order valence-electron chi connectivity index (χ3n) is 5.47. The van der Waals surface area contributed by atoms with Crippen molar-refractivity contribution in [3.63, 3.8) is 0 Å². The highest BCUT2D eigenvalue weighted by Gasteiger charge is 2.45. The summed E-state index contributed by atoms with van der Waals surface area (Å²) < 4.78 is 11.0. The van der Waals surface area contributed by atoms with Gasteiger partial charge in [-0.05, 0) is 36.8 Å². The first kappa shape index (κ1) is 21.6. The van der Waals surface area contributed by atoms with Crippen molar-refractivity contribution in [2.75, 3.05) is 11.5 Å². The van der Waals surface area contributed by atoms with E-state index in [4.69, 9.17) is 9.15 Å². The molecule has 8 nitrogen and oxygen atoms in total. The van der Waals surface area contributed by atoms with Gasteiger partial charge in [0.25, 0.3) is 5.91 Å². The lowest BCUT2D eigenvalue weighted by atomic mass is 9.98. The van der Waals surface area contributed by atoms with E-state index < -0.39 is 17.9 Å². The lowest BCUT2D eigenvalue weighted by Crippen LogP contribution is -2.29. The maximum Gasteiger partial charge on any atom is 0.350 e. The molecule has 9 heteroatoms. The Balaban J connectivity index is 1.72. The van der Waals surface area contributed by atoms with Crippen molar-refractivity contribution >= 4 is 39.3 Å². The number of thiazole rings is 1. The van der Waals surface area contributed by atoms with E-state index in [1.807, 2.05) is 0 Å². The molecule has 4 aromatic rings. The van der Waals surface area contributed by atoms with E-state index in [0.717, 1.165) is 11.3 Å². The van der Waals surface area contributed by atoms with Crippen LogP contribution in [0.3, 0.4) is 0 Å². The van der Waals surface area contributed by atoms with Crippen molar-refractivity contribution in [2.24, 2.45) is 0 Å². The maximum absolute atomic E-state index is 13.6. The van der Waals surface area contributed by atoms with Gasteiger partial charge < -0.3 is 14.3 Å². The van der Waals surface area contributed by atoms with Crippen LogP contribution in [0.4, 0.5) is 5.13 Å². The molecule has 0 fully saturated rings. The zero-order valence-electron chi connectivity index (χ0n) is 18.0. The van der Waals surface area contributed by atoms with Gasteiger partial charge in [-0.15, -0.1) is 0 Å². The standard InChI is InChI=1S/C25H18N2O6S/c1-3-11-32-24(31)22-13(2)26-25(34-22)27-19(14-7-6-8-15(28)12-14)18-20(29)16-9-4-5-10-17(16)33-21(18)23(27)30/h3-10,12,19,28H,1,11H2,2H3. The molecule has 0 aliphatic carbocycles. The number of phenols is 1. The predicted molar refractivity (Wildman–Crippen MR) is 127 cm³/mol. The Bertz CT molecular complexity index is 1540. The molecule has 170 valence electrons. The summed E-state index contributed by atoms with van der Waals surface area (Å²) in [5.74, 6) is -1.27. The molecule has 0 spiro atoms. The van der Waals surface area contributed by atoms with Crippen LogP contribution in [0.5, 0.6) is 5.75 Å². The first-order valence-corrected chi connectivity index (χ1v) is 11.2. The molecule has 0 bridgehead atoms. The van der Waals surface area contributed by atoms with Crippen molar-refractivity contribution in [3.8, 4) is 5.75 Å². The number of hydrogen-bond acceptors (Lipinski definition) is 8. The summed E-state index contributed by atoms with van der Waals surface area (Å²) in [4.78, 5) is 45.6. The van der Waals surface area contributed by atoms with Crippen LogP contribution in [0.25, 0.3) is 11.0 Å². The van der Waals surface area contributed by atoms with E-state index in [9.17, 15) is 19.5 Å². The number of benzene rings is 2. The van der Waals surface area contributed by atoms with Gasteiger partial charge in [-0.3, -0.25) is 14.5 Å². The van der Waals surface area contributed by atoms with E-state index >= 15 is 0 Å². The summed E-state index contributed by atoms with van der Waals surface area (Å²) in [7, 11) is 0. The second-order valence-electron chi connectivity index (χ2n) is 7.64. The Morgan fingerprint density at radius 3 is 2.82 bits per heavy atom. The number of anilines is 1. The van der Waals surface area contributed by atoms with Gasteiger partial charge in [-0.2, -0.15) is 0 Å². The van der Waals surface area contributed by atoms with E-state index in [2.05, 4.69) is 11.6 Å². The molecule has 1 unspecified atom stereocenters. The van der Waals surface area contributed by atoms with Crippen LogP contribution in [0.15, 0.2) is 70.4 Å². The monoisotopic (exact) mass is 474 g/mol. The number of carbonyl (C=O) groups is 2. The molecule has 34 heavy (non-hydrogen) atoms. The van der Waals surface area contributed by atoms with E-state index in [1.165, 1.54) is 23.1 Å². The van der Waals surface area contributed by atoms with Gasteiger partial charge >= 0.3 is 5.97 Å². The zero-order chi connectivity index (χ0) is 24.0. The first-order chi connectivity index (χ1) is 16.4. The van der Waals surface area contributed by atoms with Crippen LogP contribution in [0, 0.1) is 6.92 Å². The van der Waals surface area contributed by atoms with E-state index in [-0.39, 0.29) is 39.1 Å². The van der Waals surface area contributed by atoms with Gasteiger partial charge in [0.1, 0.15) is 22.8 Å². The number of amides is 1. The number of esters is 1. The molecule has 1 aliphatic heterocycles. The summed E-state index contributed by atoms with van der Waals surface area (Å²) >= 11 is 0.981. The van der Waals surface area contributed by atoms with Crippen molar-refractivity contribution < 1.29 is 23.8 Å². The van der Waals surface area contributed by atoms with E-state index in [1.54, 1.807) is 43.3 Å². The zero-order valence-corrected chi connectivity index (χ0v) is 18.8. The number of ether oxygens (including phenoxy) is 1. The molecular weight excluding hydrogens is 456 g/mol. The van der Waals surface area contributed by atoms with Gasteiger partial charge in [0.15, 0.2) is 10.6 Å². The van der Waals surface area contributed by atoms with Crippen LogP contribution in [0.1, 0.15) is 43.1 Å². The Labute approximate surface area is 197 Å². The number of rotatable bonds is 5. The van der Waals surface area contributed by atoms with Crippen molar-refractivity contribution in [3.05, 3.63) is 98.9 Å². The number of nitrogens with zero attached hydrogens (tertiary/aromatic N) is 2. The highest BCUT2D eigenvalue weighted by molar-refractivity contribution is 7.17. The van der Waals surface area contributed by atoms with Crippen LogP contribution in [-0.2, 0) is 4.74 Å². The number of fused-ring (bicyclic) bond motifs is 2. The largest absolute Gasteiger partial charge is 0.508 e. The molecule has 1 amide bonds. The second-order valence-corrected chi connectivity index (χ2v) is 8.62. The van der Waals surface area contributed by atoms with Gasteiger partial charge in [0.05, 0.1) is 22.7 Å². The minimum Gasteiger partial charge on any atom is -0.508 e. The number of hydrogen-bond donors (Lipinski definition) is 1. The maximum atomic E-state index is 13.6. The highest BCUT2D eigenvalue weighted by atomic mass is 32.1. The van der Waals surface area contributed by atoms with Crippen LogP contribution < -0.4 is 10.3 Å². The van der Waals surface area contributed by atoms with Crippen molar-refractivity contribution in [2.45, 2.75) is 13.0 Å². The fraction of sp³-hybridized carbons (Fsp3) is 0.120. The second kappa shape index (κ2) is 8.27. The van der Waals surface area contributed by atoms with Gasteiger partial charge in [-0.25, -0.2) is 9.78 Å². The molecular formula is C25H18N2O6S. The SMILES string of the molecule is C=CCOC(=O)c1sc(N2C(=O)c3oc4ccccc4c(=O)c3C2c2cccc(O)c2)nc1C. The summed E-state index contributed by atoms with van der Waals surface area (Å²) in [6, 6.07) is 12.1. The minimum absolute atomic E-state index is 0.0208. The predicted octanol–water partition coefficient (Wildman–Crippen LogP) is 4.36. The summed E-state index contributed by atoms with van der Waals surface area (Å²) in [6.45, 7) is 5.21. The van der Waals surface area contributed by atoms with E-state index in [0.29, 0.717) is 22.2 Å².